The summed E-state index contributed by atoms with van der Waals surface area (Å²) in [4.78, 5) is 52.3. The number of halogens is 2. The number of carbonyl (C=O) groups excluding carboxylic acids is 4. The third-order valence-corrected chi connectivity index (χ3v) is 9.10. The summed E-state index contributed by atoms with van der Waals surface area (Å²) in [5.41, 5.74) is 1.93. The van der Waals surface area contributed by atoms with E-state index in [1.54, 1.807) is 14.1 Å². The average Bonchev–Trinajstić information content (AvgIpc) is 2.83. The van der Waals surface area contributed by atoms with Crippen LogP contribution in [0.4, 0.5) is 5.69 Å². The van der Waals surface area contributed by atoms with Crippen LogP contribution >= 0.6 is 27.5 Å². The second-order valence-electron chi connectivity index (χ2n) is 10.4. The molecule has 0 heterocycles. The summed E-state index contributed by atoms with van der Waals surface area (Å²) in [6, 6.07) is 0.324. The number of rotatable bonds is 6. The van der Waals surface area contributed by atoms with Gasteiger partial charge in [0.15, 0.2) is 22.9 Å². The lowest BCUT2D eigenvalue weighted by Crippen LogP contribution is -2.69. The minimum atomic E-state index is -2.55. The van der Waals surface area contributed by atoms with Crippen molar-refractivity contribution in [3.63, 3.8) is 0 Å². The van der Waals surface area contributed by atoms with Crippen LogP contribution in [-0.4, -0.2) is 85.4 Å². The molecule has 11 nitrogen and oxygen atoms in total. The fourth-order valence-corrected chi connectivity index (χ4v) is 6.93. The van der Waals surface area contributed by atoms with Gasteiger partial charge in [0.05, 0.1) is 27.4 Å². The van der Waals surface area contributed by atoms with Crippen LogP contribution in [0.3, 0.4) is 0 Å². The highest BCUT2D eigenvalue weighted by atomic mass is 79.9. The Hall–Kier alpha value is -2.77. The number of hydrogen-bond acceptors (Lipinski definition) is 9. The predicted molar refractivity (Wildman–Crippen MR) is 145 cm³/mol. The molecule has 7 N–H and O–H groups in total. The largest absolute Gasteiger partial charge is 0.508 e. The van der Waals surface area contributed by atoms with Crippen LogP contribution in [0.1, 0.15) is 28.8 Å². The number of ketones is 2. The zero-order chi connectivity index (χ0) is 29.1. The molecule has 6 unspecified atom stereocenters. The van der Waals surface area contributed by atoms with Gasteiger partial charge in [0.2, 0.25) is 5.91 Å². The van der Waals surface area contributed by atoms with E-state index < -0.39 is 80.8 Å². The number of aliphatic hydroxyl groups is 3. The van der Waals surface area contributed by atoms with Gasteiger partial charge in [-0.3, -0.25) is 24.1 Å². The van der Waals surface area contributed by atoms with Gasteiger partial charge in [0.1, 0.15) is 23.1 Å². The summed E-state index contributed by atoms with van der Waals surface area (Å²) in [5.74, 6) is -8.07. The normalized spacial score (nSPS) is 30.8. The maximum Gasteiger partial charge on any atom is 0.255 e. The van der Waals surface area contributed by atoms with E-state index in [1.165, 1.54) is 17.0 Å². The minimum Gasteiger partial charge on any atom is -0.508 e. The first-order chi connectivity index (χ1) is 18.2. The highest BCUT2D eigenvalue weighted by Crippen LogP contribution is 2.54. The van der Waals surface area contributed by atoms with E-state index in [1.807, 2.05) is 0 Å². The number of allylic oxidation sites excluding steroid dienone is 1. The van der Waals surface area contributed by atoms with E-state index in [0.29, 0.717) is 5.56 Å². The second kappa shape index (κ2) is 10.3. The van der Waals surface area contributed by atoms with Crippen LogP contribution < -0.4 is 11.1 Å². The van der Waals surface area contributed by atoms with E-state index in [9.17, 15) is 39.6 Å². The Morgan fingerprint density at radius 1 is 1.33 bits per heavy atom. The molecule has 1 saturated carbocycles. The molecule has 0 bridgehead atoms. The molecule has 0 aromatic heterocycles. The van der Waals surface area contributed by atoms with Crippen molar-refractivity contribution in [2.45, 2.75) is 41.8 Å². The Balaban J connectivity index is 1.81. The molecule has 0 spiro atoms. The van der Waals surface area contributed by atoms with E-state index >= 15 is 0 Å². The Kier molecular flexibility index (Phi) is 7.74. The van der Waals surface area contributed by atoms with Crippen molar-refractivity contribution in [1.82, 2.24) is 4.90 Å². The van der Waals surface area contributed by atoms with Gasteiger partial charge in [-0.2, -0.15) is 0 Å². The third kappa shape index (κ3) is 4.38. The first-order valence-corrected chi connectivity index (χ1v) is 13.5. The number of amides is 2. The molecule has 2 amide bonds. The van der Waals surface area contributed by atoms with Crippen molar-refractivity contribution in [3.8, 4) is 5.75 Å². The highest BCUT2D eigenvalue weighted by Gasteiger charge is 2.65. The summed E-state index contributed by atoms with van der Waals surface area (Å²) < 4.78 is 0. The van der Waals surface area contributed by atoms with Gasteiger partial charge < -0.3 is 31.5 Å². The number of aliphatic hydroxyl groups excluding tert-OH is 2. The van der Waals surface area contributed by atoms with Crippen molar-refractivity contribution in [1.29, 1.82) is 0 Å². The minimum absolute atomic E-state index is 0.0114. The van der Waals surface area contributed by atoms with Gasteiger partial charge in [0.25, 0.3) is 5.91 Å². The summed E-state index contributed by atoms with van der Waals surface area (Å²) in [7, 11) is 3.09. The summed E-state index contributed by atoms with van der Waals surface area (Å²) in [6.45, 7) is 3.57. The smallest absolute Gasteiger partial charge is 0.255 e. The van der Waals surface area contributed by atoms with Gasteiger partial charge in [-0.1, -0.05) is 33.6 Å². The number of aromatic hydroxyl groups is 1. The number of fused-ring (bicyclic) bond motifs is 3. The van der Waals surface area contributed by atoms with Gasteiger partial charge in [-0.15, -0.1) is 6.58 Å². The van der Waals surface area contributed by atoms with Crippen molar-refractivity contribution in [3.05, 3.63) is 46.2 Å². The fraction of sp³-hybridized carbons (Fsp3) is 0.462. The lowest BCUT2D eigenvalue weighted by Gasteiger charge is -2.55. The van der Waals surface area contributed by atoms with Crippen LogP contribution in [0.25, 0.3) is 0 Å². The molecule has 7 atom stereocenters. The van der Waals surface area contributed by atoms with Crippen LogP contribution in [0.5, 0.6) is 5.75 Å². The lowest BCUT2D eigenvalue weighted by molar-refractivity contribution is -0.183. The molecule has 39 heavy (non-hydrogen) atoms. The van der Waals surface area contributed by atoms with Crippen molar-refractivity contribution < 1.29 is 39.6 Å². The number of carbonyl (C=O) groups is 4. The summed E-state index contributed by atoms with van der Waals surface area (Å²) >= 11 is 9.58. The Labute approximate surface area is 237 Å². The number of benzene rings is 1. The standard InChI is InChI=1S/C26H29BrClN3O8/c1-4-5-12(27)25(38)30-17-13(28)8-10-6-9-7-11-18(31(2)3)21(34)16(24(29)37)23(36)26(11,39)22(35)15(9)19(32)14(10)20(17)33/h4,8-9,11-12,15,18,22,33,35-36,39H,1,5-7H2,2-3H3,(H2,29,37)(H,30,38)/t9?,11?,12?,15?,18-,22?,26?/m0/s1. The molecule has 0 aliphatic heterocycles. The lowest BCUT2D eigenvalue weighted by atomic mass is 9.54. The monoisotopic (exact) mass is 625 g/mol. The summed E-state index contributed by atoms with van der Waals surface area (Å²) in [6.07, 6.45) is -0.00960. The molecule has 1 fully saturated rings. The van der Waals surface area contributed by atoms with Gasteiger partial charge in [-0.25, -0.2) is 0 Å². The van der Waals surface area contributed by atoms with E-state index in [0.717, 1.165) is 0 Å². The third-order valence-electron chi connectivity index (χ3n) is 8.01. The molecule has 4 rings (SSSR count). The molecule has 210 valence electrons. The van der Waals surface area contributed by atoms with Crippen molar-refractivity contribution >= 4 is 56.6 Å². The van der Waals surface area contributed by atoms with Crippen LogP contribution in [-0.2, 0) is 20.8 Å². The number of phenols is 1. The number of anilines is 1. The van der Waals surface area contributed by atoms with Gasteiger partial charge in [-0.05, 0) is 50.9 Å². The number of nitrogens with two attached hydrogens (primary N) is 1. The van der Waals surface area contributed by atoms with Crippen molar-refractivity contribution in [2.75, 3.05) is 19.4 Å². The average molecular weight is 627 g/mol. The number of Topliss-reactive ketones (excluding diaryl/α,β-unsaturated/α-hetero) is 2. The molecule has 0 saturated heterocycles. The zero-order valence-corrected chi connectivity index (χ0v) is 23.5. The SMILES string of the molecule is C=CCC(Br)C(=O)Nc1c(Cl)cc2c(c1O)C(=O)C1C(C2)CC2[C@H](N(C)C)C(=O)C(C(N)=O)=C(O)C2(O)C1O. The molecular weight excluding hydrogens is 598 g/mol. The Morgan fingerprint density at radius 3 is 2.54 bits per heavy atom. The van der Waals surface area contributed by atoms with E-state index in [2.05, 4.69) is 27.8 Å². The number of likely N-dealkylation sites (N-methyl/N-ethyl adjacent to an activating group) is 1. The molecule has 3 aliphatic carbocycles. The maximum atomic E-state index is 13.8. The first kappa shape index (κ1) is 29.2. The highest BCUT2D eigenvalue weighted by molar-refractivity contribution is 9.10. The summed E-state index contributed by atoms with van der Waals surface area (Å²) in [5, 5.41) is 47.7. The van der Waals surface area contributed by atoms with E-state index in [4.69, 9.17) is 17.3 Å². The van der Waals surface area contributed by atoms with Crippen LogP contribution in [0, 0.1) is 17.8 Å². The molecule has 1 aromatic rings. The molecule has 13 heteroatoms. The zero-order valence-electron chi connectivity index (χ0n) is 21.1. The maximum absolute atomic E-state index is 13.8. The molecule has 3 aliphatic rings. The number of nitrogens with one attached hydrogen (secondary N) is 1. The van der Waals surface area contributed by atoms with Gasteiger partial charge in [0, 0.05) is 5.92 Å². The quantitative estimate of drug-likeness (QED) is 0.117. The second-order valence-corrected chi connectivity index (χ2v) is 11.9. The number of phenolic OH excluding ortho intramolecular Hbond substituents is 1. The predicted octanol–water partition coefficient (Wildman–Crippen LogP) is 1.22. The Bertz CT molecular complexity index is 1330. The molecular formula is C26H29BrClN3O8. The fourth-order valence-electron chi connectivity index (χ4n) is 6.28. The Morgan fingerprint density at radius 2 is 1.97 bits per heavy atom. The van der Waals surface area contributed by atoms with Gasteiger partial charge >= 0.3 is 0 Å². The van der Waals surface area contributed by atoms with Crippen LogP contribution in [0.15, 0.2) is 30.1 Å². The first-order valence-electron chi connectivity index (χ1n) is 12.2. The van der Waals surface area contributed by atoms with Crippen molar-refractivity contribution in [2.24, 2.45) is 23.5 Å². The number of hydrogen-bond donors (Lipinski definition) is 6. The molecule has 1 aromatic carbocycles. The number of primary amides is 1. The number of nitrogens with zero attached hydrogens (tertiary/aromatic N) is 1. The van der Waals surface area contributed by atoms with E-state index in [-0.39, 0.29) is 35.5 Å². The van der Waals surface area contributed by atoms with Crippen LogP contribution in [0.2, 0.25) is 5.02 Å². The molecule has 0 radical (unpaired) electrons. The number of alkyl halides is 1. The topological polar surface area (TPSA) is 190 Å².